The topological polar surface area (TPSA) is 73.9 Å². The molecule has 1 unspecified atom stereocenters. The maximum Gasteiger partial charge on any atom is 0.407 e. The van der Waals surface area contributed by atoms with E-state index in [1.807, 2.05) is 57.2 Å². The molecule has 174 valence electrons. The van der Waals surface area contributed by atoms with Gasteiger partial charge in [0.05, 0.1) is 6.54 Å². The second-order valence-electron chi connectivity index (χ2n) is 6.21. The molecule has 2 aromatic rings. The Morgan fingerprint density at radius 2 is 1.78 bits per heavy atom. The largest absolute Gasteiger partial charge is 0.490 e. The summed E-state index contributed by atoms with van der Waals surface area (Å²) >= 11 is 7.45. The molecule has 0 radical (unpaired) electrons. The molecule has 0 saturated carbocycles. The Hall–Kier alpha value is -2.64. The number of hydrogen-bond donors (Lipinski definition) is 1. The zero-order chi connectivity index (χ0) is 23.8. The van der Waals surface area contributed by atoms with Gasteiger partial charge in [-0.3, -0.25) is 0 Å². The first-order valence-corrected chi connectivity index (χ1v) is 11.6. The average Bonchev–Trinajstić information content (AvgIpc) is 2.81. The molecule has 0 aliphatic rings. The van der Waals surface area contributed by atoms with Crippen molar-refractivity contribution in [3.8, 4) is 5.75 Å². The van der Waals surface area contributed by atoms with Gasteiger partial charge in [0.25, 0.3) is 0 Å². The summed E-state index contributed by atoms with van der Waals surface area (Å²) in [5.41, 5.74) is 1.13. The number of esters is 1. The molecule has 32 heavy (non-hydrogen) atoms. The van der Waals surface area contributed by atoms with Crippen molar-refractivity contribution in [2.45, 2.75) is 31.8 Å². The lowest BCUT2D eigenvalue weighted by Crippen LogP contribution is -2.35. The Morgan fingerprint density at radius 3 is 2.41 bits per heavy atom. The second kappa shape index (κ2) is 16.1. The number of alkyl carbamates (subject to hydrolysis) is 1. The number of amides is 1. The van der Waals surface area contributed by atoms with Gasteiger partial charge >= 0.3 is 12.1 Å². The Kier molecular flexibility index (Phi) is 13.7. The molecule has 0 aliphatic carbocycles. The first kappa shape index (κ1) is 27.4. The smallest absolute Gasteiger partial charge is 0.407 e. The van der Waals surface area contributed by atoms with Crippen LogP contribution in [0.5, 0.6) is 5.75 Å². The third kappa shape index (κ3) is 11.7. The van der Waals surface area contributed by atoms with E-state index in [0.717, 1.165) is 16.5 Å². The molecule has 2 rings (SSSR count). The zero-order valence-corrected chi connectivity index (χ0v) is 20.2. The number of aryl methyl sites for hydroxylation is 1. The monoisotopic (exact) mass is 479 g/mol. The fourth-order valence-electron chi connectivity index (χ4n) is 2.22. The Bertz CT molecular complexity index is 778. The SMILES string of the molecule is C=CC(=O)OCCNC(=O)OC(COc1ccc(C)cc1)CSc1ccc(Cl)cc1.CC. The van der Waals surface area contributed by atoms with E-state index in [1.165, 1.54) is 11.8 Å². The average molecular weight is 480 g/mol. The van der Waals surface area contributed by atoms with Crippen LogP contribution >= 0.6 is 23.4 Å². The maximum absolute atomic E-state index is 12.1. The highest BCUT2D eigenvalue weighted by Gasteiger charge is 2.16. The van der Waals surface area contributed by atoms with Gasteiger partial charge in [-0.05, 0) is 43.3 Å². The van der Waals surface area contributed by atoms with E-state index in [4.69, 9.17) is 25.8 Å². The standard InChI is InChI=1S/C22H24ClNO5S.C2H6/c1-3-21(25)27-13-12-24-22(26)29-19(14-28-18-8-4-16(2)5-9-18)15-30-20-10-6-17(23)7-11-20;1-2/h3-11,19H,1,12-15H2,2H3,(H,24,26);1-2H3. The predicted octanol–water partition coefficient (Wildman–Crippen LogP) is 5.67. The minimum Gasteiger partial charge on any atom is -0.490 e. The summed E-state index contributed by atoms with van der Waals surface area (Å²) in [6.07, 6.45) is -0.0494. The fourth-order valence-corrected chi connectivity index (χ4v) is 3.21. The summed E-state index contributed by atoms with van der Waals surface area (Å²) in [5, 5.41) is 3.21. The van der Waals surface area contributed by atoms with Crippen molar-refractivity contribution in [1.29, 1.82) is 0 Å². The van der Waals surface area contributed by atoms with Crippen molar-refractivity contribution in [3.63, 3.8) is 0 Å². The Labute approximate surface area is 199 Å². The van der Waals surface area contributed by atoms with Crippen LogP contribution in [0.25, 0.3) is 0 Å². The number of halogens is 1. The Morgan fingerprint density at radius 1 is 1.12 bits per heavy atom. The fraction of sp³-hybridized carbons (Fsp3) is 0.333. The Balaban J connectivity index is 0.00000249. The maximum atomic E-state index is 12.1. The van der Waals surface area contributed by atoms with Crippen LogP contribution in [0, 0.1) is 6.92 Å². The number of benzene rings is 2. The highest BCUT2D eigenvalue weighted by molar-refractivity contribution is 7.99. The molecule has 0 spiro atoms. The predicted molar refractivity (Wildman–Crippen MR) is 130 cm³/mol. The lowest BCUT2D eigenvalue weighted by atomic mass is 10.2. The lowest BCUT2D eigenvalue weighted by molar-refractivity contribution is -0.137. The van der Waals surface area contributed by atoms with Crippen LogP contribution in [0.3, 0.4) is 0 Å². The normalized spacial score (nSPS) is 10.8. The molecule has 0 fully saturated rings. The molecule has 1 atom stereocenters. The van der Waals surface area contributed by atoms with Crippen LogP contribution in [-0.4, -0.2) is 43.7 Å². The van der Waals surface area contributed by atoms with Gasteiger partial charge in [-0.15, -0.1) is 11.8 Å². The van der Waals surface area contributed by atoms with Gasteiger partial charge in [0.1, 0.15) is 25.1 Å². The van der Waals surface area contributed by atoms with Crippen molar-refractivity contribution in [3.05, 3.63) is 71.8 Å². The highest BCUT2D eigenvalue weighted by Crippen LogP contribution is 2.22. The molecule has 0 saturated heterocycles. The molecular formula is C24H30ClNO5S. The van der Waals surface area contributed by atoms with Crippen LogP contribution < -0.4 is 10.1 Å². The lowest BCUT2D eigenvalue weighted by Gasteiger charge is -2.19. The second-order valence-corrected chi connectivity index (χ2v) is 7.74. The van der Waals surface area contributed by atoms with Crippen LogP contribution in [0.1, 0.15) is 19.4 Å². The van der Waals surface area contributed by atoms with Crippen molar-refractivity contribution < 1.29 is 23.8 Å². The summed E-state index contributed by atoms with van der Waals surface area (Å²) in [6, 6.07) is 15.0. The van der Waals surface area contributed by atoms with Crippen molar-refractivity contribution in [1.82, 2.24) is 5.32 Å². The number of carbonyl (C=O) groups is 2. The molecule has 2 aromatic carbocycles. The summed E-state index contributed by atoms with van der Waals surface area (Å²) in [7, 11) is 0. The van der Waals surface area contributed by atoms with Crippen LogP contribution in [0.4, 0.5) is 4.79 Å². The van der Waals surface area contributed by atoms with Crippen LogP contribution in [-0.2, 0) is 14.3 Å². The minimum atomic E-state index is -0.612. The van der Waals surface area contributed by atoms with E-state index in [0.29, 0.717) is 16.5 Å². The van der Waals surface area contributed by atoms with Crippen molar-refractivity contribution in [2.75, 3.05) is 25.5 Å². The van der Waals surface area contributed by atoms with Crippen LogP contribution in [0.2, 0.25) is 5.02 Å². The quantitative estimate of drug-likeness (QED) is 0.194. The van der Waals surface area contributed by atoms with Crippen molar-refractivity contribution >= 4 is 35.4 Å². The van der Waals surface area contributed by atoms with Crippen LogP contribution in [0.15, 0.2) is 66.1 Å². The van der Waals surface area contributed by atoms with E-state index in [1.54, 1.807) is 12.1 Å². The number of thioether (sulfide) groups is 1. The molecule has 0 heterocycles. The van der Waals surface area contributed by atoms with E-state index in [2.05, 4.69) is 11.9 Å². The highest BCUT2D eigenvalue weighted by atomic mass is 35.5. The zero-order valence-electron chi connectivity index (χ0n) is 18.6. The third-order valence-corrected chi connectivity index (χ3v) is 5.16. The summed E-state index contributed by atoms with van der Waals surface area (Å²) in [5.74, 6) is 0.642. The molecule has 6 nitrogen and oxygen atoms in total. The summed E-state index contributed by atoms with van der Waals surface area (Å²) in [4.78, 5) is 24.1. The van der Waals surface area contributed by atoms with Gasteiger partial charge in [-0.2, -0.15) is 0 Å². The number of nitrogens with one attached hydrogen (secondary N) is 1. The first-order chi connectivity index (χ1) is 15.5. The van der Waals surface area contributed by atoms with E-state index in [9.17, 15) is 9.59 Å². The minimum absolute atomic E-state index is 0.0318. The number of rotatable bonds is 11. The van der Waals surface area contributed by atoms with Gasteiger partial charge in [0, 0.05) is 21.7 Å². The number of hydrogen-bond acceptors (Lipinski definition) is 6. The van der Waals surface area contributed by atoms with Gasteiger partial charge in [0.15, 0.2) is 0 Å². The van der Waals surface area contributed by atoms with E-state index in [-0.39, 0.29) is 19.8 Å². The van der Waals surface area contributed by atoms with E-state index >= 15 is 0 Å². The van der Waals surface area contributed by atoms with Gasteiger partial charge < -0.3 is 19.5 Å². The number of ether oxygens (including phenoxy) is 3. The first-order valence-electron chi connectivity index (χ1n) is 10.3. The molecule has 0 aliphatic heterocycles. The molecule has 0 bridgehead atoms. The molecule has 1 N–H and O–H groups in total. The van der Waals surface area contributed by atoms with Gasteiger partial charge in [-0.1, -0.05) is 49.7 Å². The molecule has 0 aromatic heterocycles. The number of carbonyl (C=O) groups excluding carboxylic acids is 2. The van der Waals surface area contributed by atoms with Gasteiger partial charge in [0.2, 0.25) is 0 Å². The molecule has 8 heteroatoms. The van der Waals surface area contributed by atoms with E-state index < -0.39 is 18.2 Å². The van der Waals surface area contributed by atoms with Crippen molar-refractivity contribution in [2.24, 2.45) is 0 Å². The summed E-state index contributed by atoms with van der Waals surface area (Å²) < 4.78 is 16.1. The molecule has 1 amide bonds. The summed E-state index contributed by atoms with van der Waals surface area (Å²) in [6.45, 7) is 9.66. The van der Waals surface area contributed by atoms with Gasteiger partial charge in [-0.25, -0.2) is 9.59 Å². The molecular weight excluding hydrogens is 450 g/mol. The third-order valence-electron chi connectivity index (χ3n) is 3.76.